The van der Waals surface area contributed by atoms with Crippen LogP contribution in [0.3, 0.4) is 0 Å². The molecule has 0 saturated carbocycles. The second kappa shape index (κ2) is 7.01. The molecule has 4 rings (SSSR count). The molecule has 1 aromatic rings. The number of nitrogens with one attached hydrogen (secondary N) is 2. The Morgan fingerprint density at radius 1 is 1.31 bits per heavy atom. The van der Waals surface area contributed by atoms with Crippen molar-refractivity contribution in [2.45, 2.75) is 24.3 Å². The summed E-state index contributed by atoms with van der Waals surface area (Å²) in [5.41, 5.74) is -0.528. The molecule has 0 unspecified atom stereocenters. The number of hydrogen-bond donors (Lipinski definition) is 2. The van der Waals surface area contributed by atoms with Gasteiger partial charge >= 0.3 is 0 Å². The Bertz CT molecular complexity index is 938. The minimum Gasteiger partial charge on any atom is -0.359 e. The highest BCUT2D eigenvalue weighted by Crippen LogP contribution is 2.54. The monoisotopic (exact) mass is 397 g/mol. The molecule has 3 heterocycles. The van der Waals surface area contributed by atoms with E-state index in [1.54, 1.807) is 24.3 Å². The van der Waals surface area contributed by atoms with Gasteiger partial charge in [-0.1, -0.05) is 30.2 Å². The molecule has 2 bridgehead atoms. The summed E-state index contributed by atoms with van der Waals surface area (Å²) in [4.78, 5) is 40.0. The van der Waals surface area contributed by atoms with Crippen LogP contribution in [0.5, 0.6) is 0 Å². The Hall–Kier alpha value is -3.18. The zero-order valence-electron chi connectivity index (χ0n) is 15.7. The van der Waals surface area contributed by atoms with E-state index in [9.17, 15) is 18.8 Å². The fourth-order valence-corrected chi connectivity index (χ4v) is 4.59. The van der Waals surface area contributed by atoms with Gasteiger partial charge in [-0.25, -0.2) is 4.39 Å². The van der Waals surface area contributed by atoms with Crippen LogP contribution in [-0.2, 0) is 25.7 Å². The van der Waals surface area contributed by atoms with Gasteiger partial charge in [0.15, 0.2) is 0 Å². The first-order valence-electron chi connectivity index (χ1n) is 9.28. The van der Waals surface area contributed by atoms with Crippen LogP contribution in [0.15, 0.2) is 36.4 Å². The third kappa shape index (κ3) is 2.81. The summed E-state index contributed by atoms with van der Waals surface area (Å²) in [6, 6.07) is 4.74. The standard InChI is InChI=1S/C21H20FN3O4/c1-3-10-25-17(19(27)24-11-12-4-6-13(22)7-5-12)21-9-8-14(29-21)15(18(26)23-2)16(21)20(25)28/h1,4-9,14-17H,10-11H2,2H3,(H,23,26)(H,24,27)/t14-,15-,16+,17+,21+/m1/s1. The lowest BCUT2D eigenvalue weighted by molar-refractivity contribution is -0.141. The molecule has 3 aliphatic heterocycles. The molecule has 8 heteroatoms. The van der Waals surface area contributed by atoms with E-state index in [0.717, 1.165) is 0 Å². The summed E-state index contributed by atoms with van der Waals surface area (Å²) in [7, 11) is 1.50. The summed E-state index contributed by atoms with van der Waals surface area (Å²) in [5.74, 6) is -0.611. The lowest BCUT2D eigenvalue weighted by Crippen LogP contribution is -2.54. The first kappa shape index (κ1) is 19.2. The number of terminal acetylenes is 1. The van der Waals surface area contributed by atoms with Gasteiger partial charge in [-0.3, -0.25) is 14.4 Å². The Morgan fingerprint density at radius 2 is 2.03 bits per heavy atom. The molecular formula is C21H20FN3O4. The molecule has 7 nitrogen and oxygen atoms in total. The van der Waals surface area contributed by atoms with E-state index in [1.165, 1.54) is 24.1 Å². The Balaban J connectivity index is 1.62. The lowest BCUT2D eigenvalue weighted by Gasteiger charge is -2.31. The highest BCUT2D eigenvalue weighted by molar-refractivity contribution is 5.99. The van der Waals surface area contributed by atoms with Crippen molar-refractivity contribution in [3.05, 3.63) is 47.8 Å². The molecule has 0 radical (unpaired) electrons. The summed E-state index contributed by atoms with van der Waals surface area (Å²) in [6.07, 6.45) is 8.30. The zero-order valence-corrected chi connectivity index (χ0v) is 15.7. The number of amides is 3. The maximum atomic E-state index is 13.1. The van der Waals surface area contributed by atoms with Crippen LogP contribution < -0.4 is 10.6 Å². The van der Waals surface area contributed by atoms with E-state index in [2.05, 4.69) is 16.6 Å². The highest BCUT2D eigenvalue weighted by Gasteiger charge is 2.72. The van der Waals surface area contributed by atoms with E-state index in [-0.39, 0.29) is 30.7 Å². The number of halogens is 1. The van der Waals surface area contributed by atoms with Crippen molar-refractivity contribution < 1.29 is 23.5 Å². The van der Waals surface area contributed by atoms with Crippen LogP contribution >= 0.6 is 0 Å². The third-order valence-corrected chi connectivity index (χ3v) is 5.81. The summed E-state index contributed by atoms with van der Waals surface area (Å²) in [6.45, 7) is 0.0779. The molecule has 2 fully saturated rings. The number of hydrogen-bond acceptors (Lipinski definition) is 4. The van der Waals surface area contributed by atoms with Crippen molar-refractivity contribution in [3.63, 3.8) is 0 Å². The van der Waals surface area contributed by atoms with E-state index in [4.69, 9.17) is 11.2 Å². The van der Waals surface area contributed by atoms with Crippen molar-refractivity contribution in [1.82, 2.24) is 15.5 Å². The first-order chi connectivity index (χ1) is 13.9. The lowest BCUT2D eigenvalue weighted by atomic mass is 9.74. The molecule has 150 valence electrons. The first-order valence-corrected chi connectivity index (χ1v) is 9.28. The molecule has 0 aliphatic carbocycles. The number of ether oxygens (including phenoxy) is 1. The predicted octanol–water partition coefficient (Wildman–Crippen LogP) is -0.0283. The van der Waals surface area contributed by atoms with Gasteiger partial charge in [0.25, 0.3) is 0 Å². The number of likely N-dealkylation sites (tertiary alicyclic amines) is 1. The summed E-state index contributed by atoms with van der Waals surface area (Å²) < 4.78 is 19.1. The molecular weight excluding hydrogens is 377 g/mol. The van der Waals surface area contributed by atoms with E-state index in [1.807, 2.05) is 0 Å². The maximum absolute atomic E-state index is 13.1. The second-order valence-corrected chi connectivity index (χ2v) is 7.33. The van der Waals surface area contributed by atoms with Gasteiger partial charge in [0.2, 0.25) is 17.7 Å². The molecule has 29 heavy (non-hydrogen) atoms. The molecule has 3 amide bonds. The number of carbonyl (C=O) groups excluding carboxylic acids is 3. The predicted molar refractivity (Wildman–Crippen MR) is 100 cm³/mol. The van der Waals surface area contributed by atoms with Crippen LogP contribution in [0, 0.1) is 30.0 Å². The van der Waals surface area contributed by atoms with Crippen molar-refractivity contribution >= 4 is 17.7 Å². The van der Waals surface area contributed by atoms with Gasteiger partial charge in [-0.05, 0) is 17.7 Å². The quantitative estimate of drug-likeness (QED) is 0.540. The molecule has 2 saturated heterocycles. The van der Waals surface area contributed by atoms with Gasteiger partial charge in [0, 0.05) is 13.6 Å². The fourth-order valence-electron chi connectivity index (χ4n) is 4.59. The number of rotatable bonds is 5. The fraction of sp³-hybridized carbons (Fsp3) is 0.381. The van der Waals surface area contributed by atoms with Crippen molar-refractivity contribution in [1.29, 1.82) is 0 Å². The van der Waals surface area contributed by atoms with Crippen LogP contribution in [0.25, 0.3) is 0 Å². The summed E-state index contributed by atoms with van der Waals surface area (Å²) in [5, 5.41) is 5.35. The largest absolute Gasteiger partial charge is 0.359 e. The maximum Gasteiger partial charge on any atom is 0.246 e. The topological polar surface area (TPSA) is 87.7 Å². The highest BCUT2D eigenvalue weighted by atomic mass is 19.1. The van der Waals surface area contributed by atoms with Crippen LogP contribution in [0.4, 0.5) is 4.39 Å². The van der Waals surface area contributed by atoms with Crippen LogP contribution in [-0.4, -0.2) is 54.0 Å². The van der Waals surface area contributed by atoms with E-state index in [0.29, 0.717) is 5.56 Å². The molecule has 1 spiro atoms. The number of fused-ring (bicyclic) bond motifs is 1. The minimum absolute atomic E-state index is 0.0753. The average Bonchev–Trinajstić information content (AvgIpc) is 3.35. The molecule has 0 aromatic heterocycles. The average molecular weight is 397 g/mol. The van der Waals surface area contributed by atoms with Crippen molar-refractivity contribution in [3.8, 4) is 12.3 Å². The van der Waals surface area contributed by atoms with Crippen LogP contribution in [0.2, 0.25) is 0 Å². The third-order valence-electron chi connectivity index (χ3n) is 5.81. The number of carbonyl (C=O) groups is 3. The Labute approximate surface area is 167 Å². The molecule has 3 aliphatic rings. The Kier molecular flexibility index (Phi) is 4.63. The molecule has 2 N–H and O–H groups in total. The number of benzene rings is 1. The van der Waals surface area contributed by atoms with Crippen molar-refractivity contribution in [2.24, 2.45) is 11.8 Å². The molecule has 1 aromatic carbocycles. The van der Waals surface area contributed by atoms with E-state index >= 15 is 0 Å². The smallest absolute Gasteiger partial charge is 0.246 e. The van der Waals surface area contributed by atoms with Gasteiger partial charge in [-0.2, -0.15) is 0 Å². The summed E-state index contributed by atoms with van der Waals surface area (Å²) >= 11 is 0. The van der Waals surface area contributed by atoms with E-state index < -0.39 is 35.5 Å². The van der Waals surface area contributed by atoms with Gasteiger partial charge in [-0.15, -0.1) is 6.42 Å². The van der Waals surface area contributed by atoms with Gasteiger partial charge in [0.1, 0.15) is 17.5 Å². The second-order valence-electron chi connectivity index (χ2n) is 7.33. The zero-order chi connectivity index (χ0) is 20.8. The SMILES string of the molecule is C#CCN1C(=O)[C@@H]2[C@H](C(=O)NC)[C@H]3C=C[C@@]2(O3)[C@@H]1C(=O)NCc1ccc(F)cc1. The Morgan fingerprint density at radius 3 is 2.69 bits per heavy atom. The van der Waals surface area contributed by atoms with Gasteiger partial charge in [0.05, 0.1) is 24.5 Å². The normalized spacial score (nSPS) is 31.5. The van der Waals surface area contributed by atoms with Crippen LogP contribution in [0.1, 0.15) is 5.56 Å². The van der Waals surface area contributed by atoms with Gasteiger partial charge < -0.3 is 20.3 Å². The van der Waals surface area contributed by atoms with Crippen molar-refractivity contribution in [2.75, 3.05) is 13.6 Å². The molecule has 5 atom stereocenters. The number of nitrogens with zero attached hydrogens (tertiary/aromatic N) is 1. The minimum atomic E-state index is -1.23.